The highest BCUT2D eigenvalue weighted by Gasteiger charge is 2.12. The van der Waals surface area contributed by atoms with Gasteiger partial charge in [0.25, 0.3) is 5.91 Å². The maximum absolute atomic E-state index is 13.0. The number of halogens is 1. The van der Waals surface area contributed by atoms with E-state index in [1.807, 2.05) is 0 Å². The number of aromatic nitrogens is 6. The summed E-state index contributed by atoms with van der Waals surface area (Å²) in [5, 5.41) is 10.4. The number of imidazole rings is 1. The normalized spacial score (nSPS) is 10.7. The fourth-order valence-electron chi connectivity index (χ4n) is 2.29. The molecule has 0 bridgehead atoms. The van der Waals surface area contributed by atoms with E-state index in [0.29, 0.717) is 17.2 Å². The van der Waals surface area contributed by atoms with Gasteiger partial charge in [0, 0.05) is 12.4 Å². The molecule has 4 rings (SSSR count). The van der Waals surface area contributed by atoms with Gasteiger partial charge in [0.2, 0.25) is 0 Å². The molecule has 3 heterocycles. The summed E-state index contributed by atoms with van der Waals surface area (Å²) >= 11 is 0. The molecule has 128 valence electrons. The molecule has 0 aliphatic rings. The quantitative estimate of drug-likeness (QED) is 0.610. The van der Waals surface area contributed by atoms with Crippen molar-refractivity contribution in [2.45, 2.75) is 0 Å². The number of carbonyl (C=O) groups excluding carboxylic acids is 1. The number of pyridine rings is 1. The third kappa shape index (κ3) is 3.18. The first-order chi connectivity index (χ1) is 12.7. The first-order valence-corrected chi connectivity index (χ1v) is 7.63. The maximum Gasteiger partial charge on any atom is 0.277 e. The standard InChI is InChI=1S/C17H12FN7O/c18-12-1-4-14(5-2-12)25-10-15(22-23-25)17(26)21-13-3-6-16(20-9-13)24-8-7-19-11-24/h1-11H,(H,21,26). The van der Waals surface area contributed by atoms with Crippen molar-refractivity contribution in [3.05, 3.63) is 79.0 Å². The highest BCUT2D eigenvalue weighted by atomic mass is 19.1. The molecular weight excluding hydrogens is 337 g/mol. The second-order valence-corrected chi connectivity index (χ2v) is 5.35. The van der Waals surface area contributed by atoms with Crippen LogP contribution in [0.4, 0.5) is 10.1 Å². The summed E-state index contributed by atoms with van der Waals surface area (Å²) in [4.78, 5) is 20.5. The predicted molar refractivity (Wildman–Crippen MR) is 90.6 cm³/mol. The lowest BCUT2D eigenvalue weighted by molar-refractivity contribution is 0.102. The lowest BCUT2D eigenvalue weighted by atomic mass is 10.3. The summed E-state index contributed by atoms with van der Waals surface area (Å²) in [6, 6.07) is 9.20. The van der Waals surface area contributed by atoms with Crippen molar-refractivity contribution >= 4 is 11.6 Å². The molecule has 3 aromatic heterocycles. The number of hydrogen-bond donors (Lipinski definition) is 1. The Morgan fingerprint density at radius 1 is 1.12 bits per heavy atom. The minimum atomic E-state index is -0.421. The van der Waals surface area contributed by atoms with Gasteiger partial charge in [0.15, 0.2) is 5.69 Å². The Hall–Kier alpha value is -3.88. The van der Waals surface area contributed by atoms with Crippen molar-refractivity contribution in [3.63, 3.8) is 0 Å². The molecule has 1 aromatic carbocycles. The number of hydrogen-bond acceptors (Lipinski definition) is 5. The summed E-state index contributed by atoms with van der Waals surface area (Å²) in [7, 11) is 0. The fraction of sp³-hybridized carbons (Fsp3) is 0. The van der Waals surface area contributed by atoms with Crippen molar-refractivity contribution in [3.8, 4) is 11.5 Å². The minimum absolute atomic E-state index is 0.132. The molecule has 4 aromatic rings. The average molecular weight is 349 g/mol. The smallest absolute Gasteiger partial charge is 0.277 e. The molecule has 0 saturated carbocycles. The number of anilines is 1. The molecule has 0 radical (unpaired) electrons. The Morgan fingerprint density at radius 2 is 1.96 bits per heavy atom. The van der Waals surface area contributed by atoms with Crippen LogP contribution in [-0.4, -0.2) is 35.4 Å². The number of nitrogens with zero attached hydrogens (tertiary/aromatic N) is 6. The third-order valence-electron chi connectivity index (χ3n) is 3.59. The van der Waals surface area contributed by atoms with Crippen LogP contribution in [0.3, 0.4) is 0 Å². The largest absolute Gasteiger partial charge is 0.319 e. The Kier molecular flexibility index (Phi) is 3.94. The van der Waals surface area contributed by atoms with Crippen molar-refractivity contribution in [2.24, 2.45) is 0 Å². The van der Waals surface area contributed by atoms with Gasteiger partial charge >= 0.3 is 0 Å². The van der Waals surface area contributed by atoms with Gasteiger partial charge in [0.1, 0.15) is 18.0 Å². The van der Waals surface area contributed by atoms with Crippen LogP contribution in [0, 0.1) is 5.82 Å². The topological polar surface area (TPSA) is 90.5 Å². The van der Waals surface area contributed by atoms with Crippen LogP contribution >= 0.6 is 0 Å². The van der Waals surface area contributed by atoms with Crippen LogP contribution in [0.2, 0.25) is 0 Å². The summed E-state index contributed by atoms with van der Waals surface area (Å²) in [6.45, 7) is 0. The second-order valence-electron chi connectivity index (χ2n) is 5.35. The highest BCUT2D eigenvalue weighted by Crippen LogP contribution is 2.12. The molecule has 26 heavy (non-hydrogen) atoms. The van der Waals surface area contributed by atoms with Gasteiger partial charge in [-0.15, -0.1) is 5.10 Å². The zero-order chi connectivity index (χ0) is 17.9. The Balaban J connectivity index is 1.47. The number of amides is 1. The summed E-state index contributed by atoms with van der Waals surface area (Å²) in [5.41, 5.74) is 1.26. The SMILES string of the molecule is O=C(Nc1ccc(-n2ccnc2)nc1)c1cn(-c2ccc(F)cc2)nn1. The van der Waals surface area contributed by atoms with E-state index in [1.54, 1.807) is 47.6 Å². The molecule has 0 spiro atoms. The Bertz CT molecular complexity index is 1020. The predicted octanol–water partition coefficient (Wildman–Crippen LogP) is 2.24. The highest BCUT2D eigenvalue weighted by molar-refractivity contribution is 6.02. The van der Waals surface area contributed by atoms with E-state index in [9.17, 15) is 9.18 Å². The first kappa shape index (κ1) is 15.6. The van der Waals surface area contributed by atoms with Crippen LogP contribution in [0.25, 0.3) is 11.5 Å². The van der Waals surface area contributed by atoms with Gasteiger partial charge in [0.05, 0.1) is 23.8 Å². The van der Waals surface area contributed by atoms with E-state index >= 15 is 0 Å². The van der Waals surface area contributed by atoms with Gasteiger partial charge in [-0.05, 0) is 36.4 Å². The van der Waals surface area contributed by atoms with Crippen LogP contribution in [0.1, 0.15) is 10.5 Å². The Morgan fingerprint density at radius 3 is 2.65 bits per heavy atom. The number of nitrogens with one attached hydrogen (secondary N) is 1. The van der Waals surface area contributed by atoms with E-state index in [1.165, 1.54) is 29.2 Å². The summed E-state index contributed by atoms with van der Waals surface area (Å²) < 4.78 is 16.1. The summed E-state index contributed by atoms with van der Waals surface area (Å²) in [5.74, 6) is -0.0863. The van der Waals surface area contributed by atoms with Crippen molar-refractivity contribution in [2.75, 3.05) is 5.32 Å². The van der Waals surface area contributed by atoms with Crippen LogP contribution in [0.5, 0.6) is 0 Å². The fourth-order valence-corrected chi connectivity index (χ4v) is 2.29. The number of rotatable bonds is 4. The van der Waals surface area contributed by atoms with E-state index in [-0.39, 0.29) is 11.5 Å². The van der Waals surface area contributed by atoms with Gasteiger partial charge < -0.3 is 5.32 Å². The van der Waals surface area contributed by atoms with Crippen LogP contribution in [0.15, 0.2) is 67.5 Å². The summed E-state index contributed by atoms with van der Waals surface area (Å²) in [6.07, 6.45) is 8.07. The zero-order valence-corrected chi connectivity index (χ0v) is 13.3. The zero-order valence-electron chi connectivity index (χ0n) is 13.3. The van der Waals surface area contributed by atoms with Gasteiger partial charge in [-0.25, -0.2) is 19.0 Å². The van der Waals surface area contributed by atoms with Gasteiger partial charge in [-0.3, -0.25) is 9.36 Å². The average Bonchev–Trinajstić information content (AvgIpc) is 3.35. The molecule has 0 fully saturated rings. The van der Waals surface area contributed by atoms with E-state index in [2.05, 4.69) is 25.6 Å². The molecule has 0 saturated heterocycles. The van der Waals surface area contributed by atoms with Gasteiger partial charge in [-0.1, -0.05) is 5.21 Å². The van der Waals surface area contributed by atoms with E-state index < -0.39 is 5.91 Å². The molecule has 0 aliphatic heterocycles. The molecule has 8 nitrogen and oxygen atoms in total. The number of benzene rings is 1. The minimum Gasteiger partial charge on any atom is -0.319 e. The van der Waals surface area contributed by atoms with Crippen molar-refractivity contribution in [1.29, 1.82) is 0 Å². The molecule has 0 aliphatic carbocycles. The number of carbonyl (C=O) groups is 1. The lowest BCUT2D eigenvalue weighted by Crippen LogP contribution is -2.12. The second kappa shape index (κ2) is 6.55. The monoisotopic (exact) mass is 349 g/mol. The van der Waals surface area contributed by atoms with Crippen LogP contribution in [-0.2, 0) is 0 Å². The van der Waals surface area contributed by atoms with Crippen molar-refractivity contribution in [1.82, 2.24) is 29.5 Å². The molecule has 1 N–H and O–H groups in total. The third-order valence-corrected chi connectivity index (χ3v) is 3.59. The first-order valence-electron chi connectivity index (χ1n) is 7.63. The molecule has 0 unspecified atom stereocenters. The van der Waals surface area contributed by atoms with E-state index in [4.69, 9.17) is 0 Å². The van der Waals surface area contributed by atoms with Crippen molar-refractivity contribution < 1.29 is 9.18 Å². The Labute approximate surface area is 146 Å². The molecule has 1 amide bonds. The van der Waals surface area contributed by atoms with E-state index in [0.717, 1.165) is 0 Å². The van der Waals surface area contributed by atoms with Crippen LogP contribution < -0.4 is 5.32 Å². The maximum atomic E-state index is 13.0. The molecule has 9 heteroatoms. The lowest BCUT2D eigenvalue weighted by Gasteiger charge is -2.04. The van der Waals surface area contributed by atoms with Gasteiger partial charge in [-0.2, -0.15) is 0 Å². The molecular formula is C17H12FN7O. The molecule has 0 atom stereocenters.